The second-order valence-corrected chi connectivity index (χ2v) is 7.77. The van der Waals surface area contributed by atoms with Gasteiger partial charge in [-0.25, -0.2) is 0 Å². The zero-order chi connectivity index (χ0) is 19.0. The average Bonchev–Trinajstić information content (AvgIpc) is 3.26. The molecule has 0 saturated heterocycles. The summed E-state index contributed by atoms with van der Waals surface area (Å²) in [4.78, 5) is 4.69. The summed E-state index contributed by atoms with van der Waals surface area (Å²) >= 11 is 0. The Labute approximate surface area is 159 Å². The molecule has 3 heterocycles. The van der Waals surface area contributed by atoms with Crippen molar-refractivity contribution in [3.63, 3.8) is 0 Å². The molecule has 6 heteroatoms. The van der Waals surface area contributed by atoms with Gasteiger partial charge in [-0.3, -0.25) is 14.8 Å². The Bertz CT molecular complexity index is 1020. The van der Waals surface area contributed by atoms with Gasteiger partial charge in [-0.2, -0.15) is 10.2 Å². The first-order chi connectivity index (χ1) is 13.0. The molecule has 2 N–H and O–H groups in total. The zero-order valence-electron chi connectivity index (χ0n) is 16.3. The summed E-state index contributed by atoms with van der Waals surface area (Å²) in [5.74, 6) is 0.426. The molecule has 1 aliphatic carbocycles. The molecule has 0 aromatic carbocycles. The summed E-state index contributed by atoms with van der Waals surface area (Å²) in [6.45, 7) is 7.42. The molecule has 1 aliphatic rings. The summed E-state index contributed by atoms with van der Waals surface area (Å²) in [5, 5.41) is 15.7. The van der Waals surface area contributed by atoms with Gasteiger partial charge in [0.15, 0.2) is 0 Å². The second-order valence-electron chi connectivity index (χ2n) is 7.77. The molecule has 0 saturated carbocycles. The summed E-state index contributed by atoms with van der Waals surface area (Å²) in [7, 11) is 1.92. The van der Waals surface area contributed by atoms with Gasteiger partial charge in [0.2, 0.25) is 0 Å². The van der Waals surface area contributed by atoms with E-state index in [1.165, 1.54) is 5.57 Å². The number of fused-ring (bicyclic) bond motifs is 1. The monoisotopic (exact) mass is 362 g/mol. The maximum absolute atomic E-state index is 4.69. The summed E-state index contributed by atoms with van der Waals surface area (Å²) in [6.07, 6.45) is 13.4. The molecule has 27 heavy (non-hydrogen) atoms. The van der Waals surface area contributed by atoms with E-state index in [9.17, 15) is 0 Å². The lowest BCUT2D eigenvalue weighted by Crippen LogP contribution is -2.32. The van der Waals surface area contributed by atoms with Crippen LogP contribution in [-0.2, 0) is 19.0 Å². The third-order valence-electron chi connectivity index (χ3n) is 5.52. The summed E-state index contributed by atoms with van der Waals surface area (Å²) < 4.78 is 1.81. The van der Waals surface area contributed by atoms with Crippen molar-refractivity contribution in [1.82, 2.24) is 25.0 Å². The smallest absolute Gasteiger partial charge is 0.134 e. The third-order valence-corrected chi connectivity index (χ3v) is 5.52. The number of pyridine rings is 1. The SMILES string of the molecule is CC1=CC=CC(c2[nH]nc3c(NCc4cnn(C)c4)ccnc23)(C(C)C)C1. The number of nitrogens with one attached hydrogen (secondary N) is 2. The van der Waals surface area contributed by atoms with Crippen molar-refractivity contribution in [2.24, 2.45) is 13.0 Å². The lowest BCUT2D eigenvalue weighted by atomic mass is 9.68. The zero-order valence-corrected chi connectivity index (χ0v) is 16.3. The van der Waals surface area contributed by atoms with Crippen LogP contribution >= 0.6 is 0 Å². The highest BCUT2D eigenvalue weighted by molar-refractivity contribution is 5.89. The molecule has 0 aliphatic heterocycles. The van der Waals surface area contributed by atoms with Crippen molar-refractivity contribution in [3.05, 3.63) is 59.7 Å². The Morgan fingerprint density at radius 1 is 1.33 bits per heavy atom. The number of allylic oxidation sites excluding steroid dienone is 4. The van der Waals surface area contributed by atoms with Crippen LogP contribution in [0.4, 0.5) is 5.69 Å². The van der Waals surface area contributed by atoms with Gasteiger partial charge >= 0.3 is 0 Å². The summed E-state index contributed by atoms with van der Waals surface area (Å²) in [5.41, 5.74) is 6.31. The Hall–Kier alpha value is -2.89. The van der Waals surface area contributed by atoms with E-state index in [0.717, 1.165) is 34.4 Å². The van der Waals surface area contributed by atoms with Gasteiger partial charge in [-0.05, 0) is 25.3 Å². The lowest BCUT2D eigenvalue weighted by molar-refractivity contribution is 0.369. The molecule has 1 unspecified atom stereocenters. The number of aryl methyl sites for hydroxylation is 1. The minimum atomic E-state index is -0.109. The van der Waals surface area contributed by atoms with E-state index in [1.54, 1.807) is 0 Å². The molecule has 0 amide bonds. The van der Waals surface area contributed by atoms with Gasteiger partial charge in [0, 0.05) is 37.0 Å². The number of H-pyrrole nitrogens is 1. The van der Waals surface area contributed by atoms with E-state index >= 15 is 0 Å². The molecule has 0 spiro atoms. The molecule has 3 aromatic heterocycles. The van der Waals surface area contributed by atoms with Gasteiger partial charge in [-0.1, -0.05) is 37.6 Å². The van der Waals surface area contributed by atoms with Crippen molar-refractivity contribution >= 4 is 16.7 Å². The van der Waals surface area contributed by atoms with Crippen LogP contribution in [0.3, 0.4) is 0 Å². The quantitative estimate of drug-likeness (QED) is 0.717. The number of aromatic amines is 1. The Morgan fingerprint density at radius 3 is 2.89 bits per heavy atom. The Kier molecular flexibility index (Phi) is 4.34. The molecular formula is C21H26N6. The fourth-order valence-corrected chi connectivity index (χ4v) is 3.96. The van der Waals surface area contributed by atoms with Crippen LogP contribution < -0.4 is 5.32 Å². The van der Waals surface area contributed by atoms with E-state index in [0.29, 0.717) is 12.5 Å². The largest absolute Gasteiger partial charge is 0.379 e. The first-order valence-electron chi connectivity index (χ1n) is 9.39. The van der Waals surface area contributed by atoms with Crippen LogP contribution in [0, 0.1) is 5.92 Å². The van der Waals surface area contributed by atoms with Crippen molar-refractivity contribution in [3.8, 4) is 0 Å². The number of hydrogen-bond acceptors (Lipinski definition) is 4. The number of hydrogen-bond donors (Lipinski definition) is 2. The Balaban J connectivity index is 1.71. The second kappa shape index (κ2) is 6.68. The standard InChI is InChI=1S/C21H26N6/c1-14(2)21(8-5-6-15(3)10-21)20-19-18(25-26-20)17(7-9-22-19)23-11-16-12-24-27(4)13-16/h5-9,12-14H,10-11H2,1-4H3,(H,22,23)(H,25,26). The number of rotatable bonds is 5. The van der Waals surface area contributed by atoms with E-state index in [4.69, 9.17) is 0 Å². The highest BCUT2D eigenvalue weighted by atomic mass is 15.2. The molecule has 1 atom stereocenters. The fraction of sp³-hybridized carbons (Fsp3) is 0.381. The van der Waals surface area contributed by atoms with Crippen LogP contribution in [-0.4, -0.2) is 25.0 Å². The van der Waals surface area contributed by atoms with Crippen molar-refractivity contribution in [2.45, 2.75) is 39.2 Å². The highest BCUT2D eigenvalue weighted by Gasteiger charge is 2.38. The normalized spacial score (nSPS) is 19.7. The van der Waals surface area contributed by atoms with Gasteiger partial charge in [0.05, 0.1) is 17.6 Å². The van der Waals surface area contributed by atoms with Crippen LogP contribution in [0.5, 0.6) is 0 Å². The predicted octanol–water partition coefficient (Wildman–Crippen LogP) is 4.10. The molecule has 0 bridgehead atoms. The van der Waals surface area contributed by atoms with Crippen LogP contribution in [0.15, 0.2) is 48.5 Å². The molecule has 0 radical (unpaired) electrons. The van der Waals surface area contributed by atoms with Gasteiger partial charge in [0.1, 0.15) is 11.0 Å². The predicted molar refractivity (Wildman–Crippen MR) is 108 cm³/mol. The third kappa shape index (κ3) is 3.05. The van der Waals surface area contributed by atoms with Crippen LogP contribution in [0.2, 0.25) is 0 Å². The molecule has 4 rings (SSSR count). The van der Waals surface area contributed by atoms with Crippen molar-refractivity contribution in [1.29, 1.82) is 0 Å². The lowest BCUT2D eigenvalue weighted by Gasteiger charge is -2.36. The number of anilines is 1. The van der Waals surface area contributed by atoms with E-state index < -0.39 is 0 Å². The first-order valence-corrected chi connectivity index (χ1v) is 9.39. The van der Waals surface area contributed by atoms with Gasteiger partial charge in [0.25, 0.3) is 0 Å². The number of aromatic nitrogens is 5. The topological polar surface area (TPSA) is 71.4 Å². The average molecular weight is 362 g/mol. The maximum atomic E-state index is 4.69. The van der Waals surface area contributed by atoms with E-state index in [-0.39, 0.29) is 5.41 Å². The molecule has 6 nitrogen and oxygen atoms in total. The fourth-order valence-electron chi connectivity index (χ4n) is 3.96. The van der Waals surface area contributed by atoms with E-state index in [1.807, 2.05) is 36.4 Å². The highest BCUT2D eigenvalue weighted by Crippen LogP contribution is 2.43. The first kappa shape index (κ1) is 17.5. The van der Waals surface area contributed by atoms with E-state index in [2.05, 4.69) is 64.6 Å². The van der Waals surface area contributed by atoms with Crippen LogP contribution in [0.1, 0.15) is 38.4 Å². The van der Waals surface area contributed by atoms with Gasteiger partial charge in [-0.15, -0.1) is 0 Å². The molecule has 140 valence electrons. The molecule has 3 aromatic rings. The molecule has 0 fully saturated rings. The van der Waals surface area contributed by atoms with Gasteiger partial charge < -0.3 is 5.32 Å². The summed E-state index contributed by atoms with van der Waals surface area (Å²) in [6, 6.07) is 1.98. The Morgan fingerprint density at radius 2 is 2.19 bits per heavy atom. The van der Waals surface area contributed by atoms with Crippen LogP contribution in [0.25, 0.3) is 11.0 Å². The van der Waals surface area contributed by atoms with Crippen molar-refractivity contribution < 1.29 is 0 Å². The van der Waals surface area contributed by atoms with Crippen molar-refractivity contribution in [2.75, 3.05) is 5.32 Å². The maximum Gasteiger partial charge on any atom is 0.134 e. The number of nitrogens with zero attached hydrogens (tertiary/aromatic N) is 4. The molecular weight excluding hydrogens is 336 g/mol. The minimum absolute atomic E-state index is 0.109. The minimum Gasteiger partial charge on any atom is -0.379 e.